The van der Waals surface area contributed by atoms with Crippen LogP contribution in [0.15, 0.2) is 54.7 Å². The average Bonchev–Trinajstić information content (AvgIpc) is 2.96. The highest BCUT2D eigenvalue weighted by Gasteiger charge is 2.13. The van der Waals surface area contributed by atoms with Crippen LogP contribution in [0.4, 0.5) is 0 Å². The first kappa shape index (κ1) is 17.2. The van der Waals surface area contributed by atoms with Gasteiger partial charge in [0.2, 0.25) is 5.91 Å². The second-order valence-electron chi connectivity index (χ2n) is 5.97. The Bertz CT molecular complexity index is 913. The predicted molar refractivity (Wildman–Crippen MR) is 100 cm³/mol. The largest absolute Gasteiger partial charge is 0.354 e. The standard InChI is InChI=1S/C20H19ClN2O2/c1-14(24)18-12-23(19-5-3-2-4-17(18)19)13-20(25)22-11-10-15-6-8-16(21)9-7-15/h2-9,12H,10-11,13H2,1H3,(H,22,25). The van der Waals surface area contributed by atoms with Gasteiger partial charge in [-0.25, -0.2) is 0 Å². The third-order valence-corrected chi connectivity index (χ3v) is 4.38. The lowest BCUT2D eigenvalue weighted by molar-refractivity contribution is -0.121. The van der Waals surface area contributed by atoms with Gasteiger partial charge in [0.1, 0.15) is 6.54 Å². The molecule has 1 N–H and O–H groups in total. The molecule has 1 amide bonds. The van der Waals surface area contributed by atoms with Gasteiger partial charge in [-0.05, 0) is 37.1 Å². The van der Waals surface area contributed by atoms with Crippen LogP contribution in [0.5, 0.6) is 0 Å². The van der Waals surface area contributed by atoms with Gasteiger partial charge < -0.3 is 9.88 Å². The lowest BCUT2D eigenvalue weighted by Gasteiger charge is -2.07. The molecule has 0 unspecified atom stereocenters. The number of hydrogen-bond donors (Lipinski definition) is 1. The predicted octanol–water partition coefficient (Wildman–Crippen LogP) is 3.86. The molecule has 0 aliphatic rings. The fraction of sp³-hybridized carbons (Fsp3) is 0.200. The van der Waals surface area contributed by atoms with E-state index in [1.165, 1.54) is 6.92 Å². The van der Waals surface area contributed by atoms with Gasteiger partial charge in [0.05, 0.1) is 0 Å². The fourth-order valence-corrected chi connectivity index (χ4v) is 2.99. The summed E-state index contributed by atoms with van der Waals surface area (Å²) in [4.78, 5) is 24.0. The highest BCUT2D eigenvalue weighted by molar-refractivity contribution is 6.30. The van der Waals surface area contributed by atoms with Crippen molar-refractivity contribution in [3.8, 4) is 0 Å². The molecule has 2 aromatic carbocycles. The first-order valence-electron chi connectivity index (χ1n) is 8.14. The Morgan fingerprint density at radius 1 is 1.08 bits per heavy atom. The number of nitrogens with one attached hydrogen (secondary N) is 1. The minimum atomic E-state index is -0.0789. The topological polar surface area (TPSA) is 51.1 Å². The van der Waals surface area contributed by atoms with Crippen LogP contribution in [-0.2, 0) is 17.8 Å². The molecule has 5 heteroatoms. The number of carbonyl (C=O) groups is 2. The summed E-state index contributed by atoms with van der Waals surface area (Å²) in [5.41, 5.74) is 2.65. The van der Waals surface area contributed by atoms with Crippen LogP contribution in [0, 0.1) is 0 Å². The Labute approximate surface area is 151 Å². The molecular formula is C20H19ClN2O2. The summed E-state index contributed by atoms with van der Waals surface area (Å²) in [6.07, 6.45) is 2.50. The maximum atomic E-state index is 12.2. The summed E-state index contributed by atoms with van der Waals surface area (Å²) in [6, 6.07) is 15.2. The maximum absolute atomic E-state index is 12.2. The number of fused-ring (bicyclic) bond motifs is 1. The molecular weight excluding hydrogens is 336 g/mol. The third-order valence-electron chi connectivity index (χ3n) is 4.13. The summed E-state index contributed by atoms with van der Waals surface area (Å²) in [6.45, 7) is 2.28. The summed E-state index contributed by atoms with van der Waals surface area (Å²) in [5, 5.41) is 4.50. The molecule has 0 saturated heterocycles. The van der Waals surface area contributed by atoms with Crippen molar-refractivity contribution < 1.29 is 9.59 Å². The minimum Gasteiger partial charge on any atom is -0.354 e. The van der Waals surface area contributed by atoms with E-state index in [0.29, 0.717) is 17.1 Å². The molecule has 25 heavy (non-hydrogen) atoms. The zero-order valence-corrected chi connectivity index (χ0v) is 14.7. The van der Waals surface area contributed by atoms with E-state index >= 15 is 0 Å². The van der Waals surface area contributed by atoms with Crippen LogP contribution in [-0.4, -0.2) is 22.8 Å². The summed E-state index contributed by atoms with van der Waals surface area (Å²) < 4.78 is 1.82. The Morgan fingerprint density at radius 2 is 1.80 bits per heavy atom. The van der Waals surface area contributed by atoms with E-state index in [9.17, 15) is 9.59 Å². The molecule has 3 rings (SSSR count). The number of Topliss-reactive ketones (excluding diaryl/α,β-unsaturated/α-hetero) is 1. The number of para-hydroxylation sites is 1. The van der Waals surface area contributed by atoms with E-state index in [1.54, 1.807) is 6.20 Å². The zero-order valence-electron chi connectivity index (χ0n) is 14.0. The van der Waals surface area contributed by atoms with E-state index < -0.39 is 0 Å². The Kier molecular flexibility index (Phi) is 5.19. The number of hydrogen-bond acceptors (Lipinski definition) is 2. The van der Waals surface area contributed by atoms with Crippen LogP contribution in [0.3, 0.4) is 0 Å². The molecule has 128 valence electrons. The average molecular weight is 355 g/mol. The fourth-order valence-electron chi connectivity index (χ4n) is 2.87. The second kappa shape index (κ2) is 7.53. The Morgan fingerprint density at radius 3 is 2.52 bits per heavy atom. The van der Waals surface area contributed by atoms with Gasteiger partial charge in [-0.15, -0.1) is 0 Å². The van der Waals surface area contributed by atoms with Crippen LogP contribution < -0.4 is 5.32 Å². The first-order chi connectivity index (χ1) is 12.0. The van der Waals surface area contributed by atoms with Crippen LogP contribution in [0.25, 0.3) is 10.9 Å². The molecule has 1 aromatic heterocycles. The Balaban J connectivity index is 1.64. The lowest BCUT2D eigenvalue weighted by atomic mass is 10.1. The third kappa shape index (κ3) is 4.09. The van der Waals surface area contributed by atoms with Crippen LogP contribution in [0.2, 0.25) is 5.02 Å². The summed E-state index contributed by atoms with van der Waals surface area (Å²) >= 11 is 5.86. The molecule has 0 spiro atoms. The molecule has 4 nitrogen and oxygen atoms in total. The van der Waals surface area contributed by atoms with E-state index in [-0.39, 0.29) is 18.2 Å². The van der Waals surface area contributed by atoms with Crippen molar-refractivity contribution in [1.29, 1.82) is 0 Å². The summed E-state index contributed by atoms with van der Waals surface area (Å²) in [7, 11) is 0. The van der Waals surface area contributed by atoms with Gasteiger partial charge in [-0.2, -0.15) is 0 Å². The van der Waals surface area contributed by atoms with Crippen molar-refractivity contribution in [2.24, 2.45) is 0 Å². The molecule has 0 bridgehead atoms. The quantitative estimate of drug-likeness (QED) is 0.683. The van der Waals surface area contributed by atoms with Crippen molar-refractivity contribution in [2.45, 2.75) is 19.9 Å². The first-order valence-corrected chi connectivity index (χ1v) is 8.52. The van der Waals surface area contributed by atoms with Crippen molar-refractivity contribution in [3.63, 3.8) is 0 Å². The molecule has 0 atom stereocenters. The smallest absolute Gasteiger partial charge is 0.239 e. The molecule has 0 radical (unpaired) electrons. The number of aromatic nitrogens is 1. The van der Waals surface area contributed by atoms with Crippen molar-refractivity contribution >= 4 is 34.2 Å². The van der Waals surface area contributed by atoms with E-state index in [4.69, 9.17) is 11.6 Å². The number of benzene rings is 2. The van der Waals surface area contributed by atoms with Gasteiger partial charge in [0.15, 0.2) is 5.78 Å². The van der Waals surface area contributed by atoms with Crippen LogP contribution in [0.1, 0.15) is 22.8 Å². The van der Waals surface area contributed by atoms with Gasteiger partial charge >= 0.3 is 0 Å². The van der Waals surface area contributed by atoms with E-state index in [0.717, 1.165) is 22.9 Å². The van der Waals surface area contributed by atoms with Gasteiger partial charge in [0.25, 0.3) is 0 Å². The number of halogens is 1. The highest BCUT2D eigenvalue weighted by atomic mass is 35.5. The number of amides is 1. The molecule has 0 aliphatic heterocycles. The van der Waals surface area contributed by atoms with E-state index in [2.05, 4.69) is 5.32 Å². The molecule has 3 aromatic rings. The highest BCUT2D eigenvalue weighted by Crippen LogP contribution is 2.21. The Hall–Kier alpha value is -2.59. The molecule has 0 saturated carbocycles. The van der Waals surface area contributed by atoms with Gasteiger partial charge in [-0.3, -0.25) is 9.59 Å². The number of ketones is 1. The van der Waals surface area contributed by atoms with E-state index in [1.807, 2.05) is 53.1 Å². The van der Waals surface area contributed by atoms with Crippen molar-refractivity contribution in [3.05, 3.63) is 70.9 Å². The molecule has 0 fully saturated rings. The monoisotopic (exact) mass is 354 g/mol. The molecule has 1 heterocycles. The normalized spacial score (nSPS) is 10.8. The SMILES string of the molecule is CC(=O)c1cn(CC(=O)NCCc2ccc(Cl)cc2)c2ccccc12. The van der Waals surface area contributed by atoms with Crippen molar-refractivity contribution in [2.75, 3.05) is 6.54 Å². The second-order valence-corrected chi connectivity index (χ2v) is 6.41. The minimum absolute atomic E-state index is 0.00176. The van der Waals surface area contributed by atoms with Gasteiger partial charge in [-0.1, -0.05) is 41.9 Å². The summed E-state index contributed by atoms with van der Waals surface area (Å²) in [5.74, 6) is -0.0806. The number of carbonyl (C=O) groups excluding carboxylic acids is 2. The zero-order chi connectivity index (χ0) is 17.8. The number of rotatable bonds is 6. The molecule has 0 aliphatic carbocycles. The van der Waals surface area contributed by atoms with Gasteiger partial charge in [0, 0.05) is 34.2 Å². The van der Waals surface area contributed by atoms with Crippen molar-refractivity contribution in [1.82, 2.24) is 9.88 Å². The lowest BCUT2D eigenvalue weighted by Crippen LogP contribution is -2.29. The van der Waals surface area contributed by atoms with Crippen LogP contribution >= 0.6 is 11.6 Å². The maximum Gasteiger partial charge on any atom is 0.239 e. The number of nitrogens with zero attached hydrogens (tertiary/aromatic N) is 1.